The molecule has 2 heterocycles. The van der Waals surface area contributed by atoms with Crippen molar-refractivity contribution in [3.05, 3.63) is 11.7 Å². The molecule has 1 N–H and O–H groups in total. The molecule has 0 radical (unpaired) electrons. The molecule has 22 heavy (non-hydrogen) atoms. The minimum absolute atomic E-state index is 0.0407. The molecule has 1 aliphatic rings. The van der Waals surface area contributed by atoms with Crippen molar-refractivity contribution in [1.82, 2.24) is 20.4 Å². The van der Waals surface area contributed by atoms with Crippen LogP contribution in [0.4, 0.5) is 0 Å². The Kier molecular flexibility index (Phi) is 5.94. The van der Waals surface area contributed by atoms with Gasteiger partial charge in [-0.3, -0.25) is 4.79 Å². The van der Waals surface area contributed by atoms with Crippen LogP contribution in [0, 0.1) is 5.92 Å². The number of likely N-dealkylation sites (tertiary alicyclic amines) is 1. The summed E-state index contributed by atoms with van der Waals surface area (Å²) in [5, 5.41) is 7.59. The highest BCUT2D eigenvalue weighted by molar-refractivity contribution is 5.75. The first-order chi connectivity index (χ1) is 10.5. The van der Waals surface area contributed by atoms with Crippen molar-refractivity contribution < 1.29 is 9.32 Å². The van der Waals surface area contributed by atoms with Gasteiger partial charge in [-0.2, -0.15) is 4.98 Å². The Balaban J connectivity index is 1.89. The smallest absolute Gasteiger partial charge is 0.243 e. The summed E-state index contributed by atoms with van der Waals surface area (Å²) < 4.78 is 5.34. The Hall–Kier alpha value is -1.43. The highest BCUT2D eigenvalue weighted by atomic mass is 16.5. The average Bonchev–Trinajstić information content (AvgIpc) is 2.97. The van der Waals surface area contributed by atoms with E-state index in [2.05, 4.69) is 36.2 Å². The van der Waals surface area contributed by atoms with E-state index in [-0.39, 0.29) is 11.9 Å². The van der Waals surface area contributed by atoms with Gasteiger partial charge >= 0.3 is 0 Å². The quantitative estimate of drug-likeness (QED) is 0.873. The van der Waals surface area contributed by atoms with Crippen molar-refractivity contribution >= 4 is 5.91 Å². The Morgan fingerprint density at radius 1 is 1.50 bits per heavy atom. The van der Waals surface area contributed by atoms with Crippen molar-refractivity contribution in [2.45, 2.75) is 65.5 Å². The number of hydrogen-bond acceptors (Lipinski definition) is 5. The highest BCUT2D eigenvalue weighted by Gasteiger charge is 2.29. The van der Waals surface area contributed by atoms with E-state index < -0.39 is 0 Å². The number of aryl methyl sites for hydroxylation is 1. The Bertz CT molecular complexity index is 488. The molecule has 124 valence electrons. The van der Waals surface area contributed by atoms with Crippen LogP contribution in [-0.4, -0.2) is 40.1 Å². The van der Waals surface area contributed by atoms with Crippen molar-refractivity contribution in [3.8, 4) is 0 Å². The lowest BCUT2D eigenvalue weighted by Crippen LogP contribution is -2.50. The summed E-state index contributed by atoms with van der Waals surface area (Å²) in [7, 11) is 0. The van der Waals surface area contributed by atoms with Gasteiger partial charge in [-0.25, -0.2) is 0 Å². The van der Waals surface area contributed by atoms with Crippen molar-refractivity contribution in [2.24, 2.45) is 5.92 Å². The molecule has 1 amide bonds. The van der Waals surface area contributed by atoms with Gasteiger partial charge in [0.25, 0.3) is 0 Å². The summed E-state index contributed by atoms with van der Waals surface area (Å²) in [5.74, 6) is 2.11. The largest absolute Gasteiger partial charge is 0.342 e. The van der Waals surface area contributed by atoms with Gasteiger partial charge in [0.05, 0.1) is 6.04 Å². The zero-order valence-corrected chi connectivity index (χ0v) is 14.1. The monoisotopic (exact) mass is 308 g/mol. The number of carbonyl (C=O) groups excluding carboxylic acids is 1. The summed E-state index contributed by atoms with van der Waals surface area (Å²) in [6.45, 7) is 9.91. The average molecular weight is 308 g/mol. The molecule has 0 bridgehead atoms. The van der Waals surface area contributed by atoms with Crippen LogP contribution in [0.15, 0.2) is 4.52 Å². The molecule has 0 spiro atoms. The molecule has 1 saturated heterocycles. The number of hydrogen-bond donors (Lipinski definition) is 1. The van der Waals surface area contributed by atoms with Crippen molar-refractivity contribution in [2.75, 3.05) is 13.1 Å². The zero-order chi connectivity index (χ0) is 16.1. The van der Waals surface area contributed by atoms with Gasteiger partial charge in [0.2, 0.25) is 11.8 Å². The number of nitrogens with zero attached hydrogens (tertiary/aromatic N) is 3. The Morgan fingerprint density at radius 2 is 2.27 bits per heavy atom. The van der Waals surface area contributed by atoms with Crippen LogP contribution in [0.25, 0.3) is 0 Å². The van der Waals surface area contributed by atoms with E-state index in [1.165, 1.54) is 0 Å². The third-order valence-corrected chi connectivity index (χ3v) is 4.35. The Labute approximate surface area is 132 Å². The lowest BCUT2D eigenvalue weighted by atomic mass is 9.93. The molecule has 0 saturated carbocycles. The topological polar surface area (TPSA) is 71.3 Å². The Morgan fingerprint density at radius 3 is 2.91 bits per heavy atom. The fraction of sp³-hybridized carbons (Fsp3) is 0.812. The predicted octanol–water partition coefficient (Wildman–Crippen LogP) is 2.32. The van der Waals surface area contributed by atoms with Gasteiger partial charge in [0.15, 0.2) is 5.82 Å². The van der Waals surface area contributed by atoms with E-state index in [9.17, 15) is 4.79 Å². The van der Waals surface area contributed by atoms with E-state index in [0.717, 1.165) is 38.2 Å². The van der Waals surface area contributed by atoms with E-state index in [1.54, 1.807) is 0 Å². The van der Waals surface area contributed by atoms with E-state index >= 15 is 0 Å². The number of amides is 1. The SMILES string of the molecule is CCCc1noc([C@H](C)N[C@@H]2CCN(C(=O)CC)C[C@@H]2C)n1. The van der Waals surface area contributed by atoms with Crippen LogP contribution in [0.1, 0.15) is 64.7 Å². The van der Waals surface area contributed by atoms with E-state index in [1.807, 2.05) is 11.8 Å². The molecule has 6 heteroatoms. The first-order valence-corrected chi connectivity index (χ1v) is 8.41. The molecule has 3 atom stereocenters. The standard InChI is InChI=1S/C16H28N4O2/c1-5-7-14-18-16(22-19-14)12(4)17-13-8-9-20(10-11(13)3)15(21)6-2/h11-13,17H,5-10H2,1-4H3/t11-,12-,13+/m0/s1. The molecule has 1 fully saturated rings. The van der Waals surface area contributed by atoms with Crippen LogP contribution in [0.3, 0.4) is 0 Å². The number of rotatable bonds is 6. The van der Waals surface area contributed by atoms with Crippen LogP contribution >= 0.6 is 0 Å². The minimum Gasteiger partial charge on any atom is -0.342 e. The van der Waals surface area contributed by atoms with Crippen LogP contribution < -0.4 is 5.32 Å². The van der Waals surface area contributed by atoms with Gasteiger partial charge < -0.3 is 14.7 Å². The summed E-state index contributed by atoms with van der Waals surface area (Å²) in [5.41, 5.74) is 0. The maximum atomic E-state index is 11.8. The molecule has 6 nitrogen and oxygen atoms in total. The van der Waals surface area contributed by atoms with E-state index in [4.69, 9.17) is 4.52 Å². The summed E-state index contributed by atoms with van der Waals surface area (Å²) in [4.78, 5) is 18.2. The second-order valence-corrected chi connectivity index (χ2v) is 6.25. The summed E-state index contributed by atoms with van der Waals surface area (Å²) >= 11 is 0. The van der Waals surface area contributed by atoms with Crippen LogP contribution in [-0.2, 0) is 11.2 Å². The first kappa shape index (κ1) is 16.9. The molecule has 0 aliphatic carbocycles. The number of nitrogens with one attached hydrogen (secondary N) is 1. The van der Waals surface area contributed by atoms with Crippen LogP contribution in [0.5, 0.6) is 0 Å². The fourth-order valence-corrected chi connectivity index (χ4v) is 3.00. The van der Waals surface area contributed by atoms with Gasteiger partial charge in [-0.1, -0.05) is 25.9 Å². The number of piperidine rings is 1. The lowest BCUT2D eigenvalue weighted by Gasteiger charge is -2.38. The fourth-order valence-electron chi connectivity index (χ4n) is 3.00. The van der Waals surface area contributed by atoms with Crippen molar-refractivity contribution in [3.63, 3.8) is 0 Å². The lowest BCUT2D eigenvalue weighted by molar-refractivity contribution is -0.132. The maximum absolute atomic E-state index is 11.8. The molecule has 1 aromatic heterocycles. The van der Waals surface area contributed by atoms with E-state index in [0.29, 0.717) is 24.3 Å². The minimum atomic E-state index is 0.0407. The molecule has 0 aromatic carbocycles. The maximum Gasteiger partial charge on any atom is 0.243 e. The molecule has 1 aromatic rings. The normalized spacial score (nSPS) is 23.5. The molecular formula is C16H28N4O2. The third-order valence-electron chi connectivity index (χ3n) is 4.35. The molecule has 1 aliphatic heterocycles. The van der Waals surface area contributed by atoms with Gasteiger partial charge in [0.1, 0.15) is 0 Å². The molecule has 0 unspecified atom stereocenters. The number of aromatic nitrogens is 2. The van der Waals surface area contributed by atoms with Crippen molar-refractivity contribution in [1.29, 1.82) is 0 Å². The predicted molar refractivity (Wildman–Crippen MR) is 84.3 cm³/mol. The van der Waals surface area contributed by atoms with Crippen LogP contribution in [0.2, 0.25) is 0 Å². The highest BCUT2D eigenvalue weighted by Crippen LogP contribution is 2.21. The second kappa shape index (κ2) is 7.72. The van der Waals surface area contributed by atoms with Gasteiger partial charge in [-0.15, -0.1) is 0 Å². The first-order valence-electron chi connectivity index (χ1n) is 8.41. The number of carbonyl (C=O) groups is 1. The second-order valence-electron chi connectivity index (χ2n) is 6.25. The third kappa shape index (κ3) is 4.06. The van der Waals surface area contributed by atoms with Gasteiger partial charge in [0, 0.05) is 32.0 Å². The van der Waals surface area contributed by atoms with Gasteiger partial charge in [-0.05, 0) is 25.7 Å². The molecule has 2 rings (SSSR count). The summed E-state index contributed by atoms with van der Waals surface area (Å²) in [6.07, 6.45) is 3.42. The molecular weight excluding hydrogens is 280 g/mol. The zero-order valence-electron chi connectivity index (χ0n) is 14.1. The summed E-state index contributed by atoms with van der Waals surface area (Å²) in [6, 6.07) is 0.413.